The summed E-state index contributed by atoms with van der Waals surface area (Å²) in [6.45, 7) is 4.40. The van der Waals surface area contributed by atoms with Gasteiger partial charge in [-0.2, -0.15) is 0 Å². The summed E-state index contributed by atoms with van der Waals surface area (Å²) >= 11 is 0. The number of nitrogens with zero attached hydrogens (tertiary/aromatic N) is 1. The highest BCUT2D eigenvalue weighted by Crippen LogP contribution is 2.58. The Morgan fingerprint density at radius 2 is 1.94 bits per heavy atom. The fourth-order valence-corrected chi connectivity index (χ4v) is 7.23. The normalized spacial score (nSPS) is 36.8. The van der Waals surface area contributed by atoms with E-state index in [1.165, 1.54) is 6.07 Å². The standard InChI is InChI=1S/C25H33FN2O3/c1-14(18-12-27-20-6-5-19(26)23(22(18)20)31-17-3-4-17)7-21(29)28-15-8-24(2)9-16(28)11-25(30,10-15)13-24/h5-6,12,14-17,21,27,29-30H,3-4,7-11,13H2,1-2H3. The molecule has 0 amide bonds. The molecule has 5 aliphatic rings. The lowest BCUT2D eigenvalue weighted by atomic mass is 9.54. The van der Waals surface area contributed by atoms with Crippen molar-refractivity contribution in [3.8, 4) is 5.75 Å². The van der Waals surface area contributed by atoms with E-state index in [0.717, 1.165) is 61.4 Å². The number of benzene rings is 1. The Hall–Kier alpha value is -1.63. The van der Waals surface area contributed by atoms with Gasteiger partial charge in [-0.3, -0.25) is 4.90 Å². The second kappa shape index (κ2) is 6.69. The average molecular weight is 429 g/mol. The van der Waals surface area contributed by atoms with Gasteiger partial charge in [0.05, 0.1) is 11.7 Å². The number of aliphatic hydroxyl groups is 2. The molecule has 4 atom stereocenters. The van der Waals surface area contributed by atoms with Crippen LogP contribution in [0.2, 0.25) is 0 Å². The van der Waals surface area contributed by atoms with Crippen molar-refractivity contribution in [1.82, 2.24) is 9.88 Å². The van der Waals surface area contributed by atoms with Gasteiger partial charge >= 0.3 is 0 Å². The van der Waals surface area contributed by atoms with Gasteiger partial charge in [0.25, 0.3) is 0 Å². The molecule has 4 unspecified atom stereocenters. The number of aromatic nitrogens is 1. The summed E-state index contributed by atoms with van der Waals surface area (Å²) in [5.74, 6) is 0.0740. The van der Waals surface area contributed by atoms with Crippen LogP contribution in [0.3, 0.4) is 0 Å². The van der Waals surface area contributed by atoms with E-state index < -0.39 is 11.8 Å². The number of halogens is 1. The number of nitrogens with one attached hydrogen (secondary N) is 1. The van der Waals surface area contributed by atoms with Crippen molar-refractivity contribution < 1.29 is 19.3 Å². The highest BCUT2D eigenvalue weighted by atomic mass is 19.1. The van der Waals surface area contributed by atoms with Crippen molar-refractivity contribution in [3.63, 3.8) is 0 Å². The maximum Gasteiger partial charge on any atom is 0.165 e. The third-order valence-corrected chi connectivity index (χ3v) is 8.32. The molecule has 1 aromatic heterocycles. The maximum absolute atomic E-state index is 14.6. The number of fused-ring (bicyclic) bond motifs is 1. The van der Waals surface area contributed by atoms with Crippen molar-refractivity contribution in [2.75, 3.05) is 0 Å². The lowest BCUT2D eigenvalue weighted by molar-refractivity contribution is -0.221. The Kier molecular flexibility index (Phi) is 4.32. The third-order valence-electron chi connectivity index (χ3n) is 8.32. The van der Waals surface area contributed by atoms with Crippen LogP contribution < -0.4 is 4.74 Å². The second-order valence-corrected chi connectivity index (χ2v) is 11.3. The van der Waals surface area contributed by atoms with Crippen molar-refractivity contribution in [1.29, 1.82) is 0 Å². The summed E-state index contributed by atoms with van der Waals surface area (Å²) in [6.07, 6.45) is 8.57. The molecule has 2 aromatic rings. The van der Waals surface area contributed by atoms with Gasteiger partial charge in [-0.05, 0) is 80.4 Å². The fraction of sp³-hybridized carbons (Fsp3) is 0.680. The van der Waals surface area contributed by atoms with E-state index in [4.69, 9.17) is 4.74 Å². The maximum atomic E-state index is 14.6. The van der Waals surface area contributed by atoms with Crippen LogP contribution in [0.5, 0.6) is 5.75 Å². The zero-order valence-corrected chi connectivity index (χ0v) is 18.4. The minimum absolute atomic E-state index is 0.0444. The number of aliphatic hydroxyl groups excluding tert-OH is 1. The molecule has 3 heterocycles. The first kappa shape index (κ1) is 20.0. The van der Waals surface area contributed by atoms with Gasteiger partial charge in [-0.15, -0.1) is 0 Å². The van der Waals surface area contributed by atoms with Gasteiger partial charge in [0.1, 0.15) is 6.23 Å². The topological polar surface area (TPSA) is 68.7 Å². The monoisotopic (exact) mass is 428 g/mol. The number of rotatable bonds is 6. The summed E-state index contributed by atoms with van der Waals surface area (Å²) in [4.78, 5) is 5.55. The molecular weight excluding hydrogens is 395 g/mol. The van der Waals surface area contributed by atoms with E-state index in [-0.39, 0.29) is 35.3 Å². The summed E-state index contributed by atoms with van der Waals surface area (Å²) in [6, 6.07) is 3.71. The van der Waals surface area contributed by atoms with Gasteiger partial charge in [0.15, 0.2) is 11.6 Å². The van der Waals surface area contributed by atoms with E-state index in [9.17, 15) is 14.6 Å². The van der Waals surface area contributed by atoms with Gasteiger partial charge in [0, 0.05) is 29.2 Å². The number of aromatic amines is 1. The Balaban J connectivity index is 1.25. The zero-order chi connectivity index (χ0) is 21.5. The van der Waals surface area contributed by atoms with Gasteiger partial charge in [0.2, 0.25) is 0 Å². The minimum atomic E-state index is -0.566. The first-order chi connectivity index (χ1) is 14.7. The van der Waals surface area contributed by atoms with Gasteiger partial charge in [-0.25, -0.2) is 4.39 Å². The second-order valence-electron chi connectivity index (χ2n) is 11.3. The van der Waals surface area contributed by atoms with Crippen LogP contribution in [0, 0.1) is 11.2 Å². The Labute approximate surface area is 182 Å². The molecule has 4 bridgehead atoms. The predicted octanol–water partition coefficient (Wildman–Crippen LogP) is 4.43. The van der Waals surface area contributed by atoms with Crippen molar-refractivity contribution in [2.24, 2.45) is 5.41 Å². The number of H-pyrrole nitrogens is 1. The van der Waals surface area contributed by atoms with E-state index in [2.05, 4.69) is 23.7 Å². The third kappa shape index (κ3) is 3.30. The van der Waals surface area contributed by atoms with Crippen LogP contribution >= 0.6 is 0 Å². The molecule has 6 heteroatoms. The van der Waals surface area contributed by atoms with Gasteiger partial charge in [-0.1, -0.05) is 13.8 Å². The van der Waals surface area contributed by atoms with Crippen LogP contribution in [-0.4, -0.2) is 50.1 Å². The van der Waals surface area contributed by atoms with Crippen LogP contribution in [0.1, 0.15) is 76.7 Å². The lowest BCUT2D eigenvalue weighted by Crippen LogP contribution is -2.69. The molecule has 2 saturated heterocycles. The largest absolute Gasteiger partial charge is 0.487 e. The number of piperidine rings is 2. The molecule has 5 fully saturated rings. The summed E-state index contributed by atoms with van der Waals surface area (Å²) < 4.78 is 20.6. The van der Waals surface area contributed by atoms with Crippen molar-refractivity contribution >= 4 is 10.9 Å². The van der Waals surface area contributed by atoms with E-state index in [1.54, 1.807) is 6.07 Å². The molecular formula is C25H33FN2O3. The summed E-state index contributed by atoms with van der Waals surface area (Å²) in [5.41, 5.74) is 1.52. The number of ether oxygens (including phenoxy) is 1. The molecule has 31 heavy (non-hydrogen) atoms. The average Bonchev–Trinajstić information content (AvgIpc) is 3.37. The molecule has 0 spiro atoms. The first-order valence-electron chi connectivity index (χ1n) is 11.9. The predicted molar refractivity (Wildman–Crippen MR) is 117 cm³/mol. The van der Waals surface area contributed by atoms with Crippen molar-refractivity contribution in [2.45, 2.75) is 101 Å². The minimum Gasteiger partial charge on any atom is -0.487 e. The smallest absolute Gasteiger partial charge is 0.165 e. The Morgan fingerprint density at radius 3 is 2.58 bits per heavy atom. The molecule has 7 rings (SSSR count). The number of hydrogen-bond acceptors (Lipinski definition) is 4. The molecule has 1 aromatic carbocycles. The molecule has 3 saturated carbocycles. The first-order valence-corrected chi connectivity index (χ1v) is 11.9. The Morgan fingerprint density at radius 1 is 1.23 bits per heavy atom. The quantitative estimate of drug-likeness (QED) is 0.637. The van der Waals surface area contributed by atoms with E-state index in [0.29, 0.717) is 12.2 Å². The summed E-state index contributed by atoms with van der Waals surface area (Å²) in [5, 5.41) is 23.1. The van der Waals surface area contributed by atoms with Crippen LogP contribution in [0.4, 0.5) is 4.39 Å². The van der Waals surface area contributed by atoms with Crippen LogP contribution in [0.25, 0.3) is 10.9 Å². The van der Waals surface area contributed by atoms with E-state index in [1.807, 2.05) is 6.20 Å². The Bertz CT molecular complexity index is 980. The molecule has 3 aliphatic carbocycles. The van der Waals surface area contributed by atoms with Crippen LogP contribution in [-0.2, 0) is 0 Å². The van der Waals surface area contributed by atoms with Crippen molar-refractivity contribution in [3.05, 3.63) is 29.7 Å². The van der Waals surface area contributed by atoms with Crippen LogP contribution in [0.15, 0.2) is 18.3 Å². The lowest BCUT2D eigenvalue weighted by Gasteiger charge is -2.64. The molecule has 0 radical (unpaired) electrons. The van der Waals surface area contributed by atoms with E-state index >= 15 is 0 Å². The zero-order valence-electron chi connectivity index (χ0n) is 18.4. The highest BCUT2D eigenvalue weighted by Gasteiger charge is 2.59. The summed E-state index contributed by atoms with van der Waals surface area (Å²) in [7, 11) is 0. The molecule has 3 N–H and O–H groups in total. The number of hydrogen-bond donors (Lipinski definition) is 3. The SMILES string of the molecule is CC(CC(O)N1C2CC3(C)CC1CC(O)(C2)C3)c1c[nH]c2ccc(F)c(OC3CC3)c12. The fourth-order valence-electron chi connectivity index (χ4n) is 7.23. The highest BCUT2D eigenvalue weighted by molar-refractivity contribution is 5.90. The molecule has 168 valence electrons. The van der Waals surface area contributed by atoms with Gasteiger partial charge < -0.3 is 19.9 Å². The molecule has 2 aliphatic heterocycles. The molecule has 5 nitrogen and oxygen atoms in total.